The molecule has 0 aromatic rings. The minimum absolute atomic E-state index is 0.000888. The molecule has 0 unspecified atom stereocenters. The number of hydrogen-bond donors (Lipinski definition) is 3. The largest absolute Gasteiger partial charge is 0.481 e. The molecule has 0 saturated heterocycles. The Labute approximate surface area is 109 Å². The number of carboxylic acid groups (broad SMARTS) is 1. The summed E-state index contributed by atoms with van der Waals surface area (Å²) in [5.74, 6) is -0.895. The average molecular weight is 258 g/mol. The van der Waals surface area contributed by atoms with Gasteiger partial charge in [-0.2, -0.15) is 0 Å². The van der Waals surface area contributed by atoms with Crippen LogP contribution < -0.4 is 10.6 Å². The van der Waals surface area contributed by atoms with E-state index >= 15 is 0 Å². The molecule has 0 spiro atoms. The summed E-state index contributed by atoms with van der Waals surface area (Å²) in [5.41, 5.74) is -0.476. The Bertz CT molecular complexity index is 293. The third-order valence-electron chi connectivity index (χ3n) is 2.45. The molecular weight excluding hydrogens is 232 g/mol. The van der Waals surface area contributed by atoms with Crippen LogP contribution in [0.3, 0.4) is 0 Å². The van der Waals surface area contributed by atoms with Crippen LogP contribution in [0.1, 0.15) is 53.9 Å². The number of rotatable bonds is 7. The molecule has 0 heterocycles. The van der Waals surface area contributed by atoms with Crippen molar-refractivity contribution in [3.8, 4) is 0 Å². The van der Waals surface area contributed by atoms with Crippen LogP contribution in [-0.2, 0) is 9.59 Å². The highest BCUT2D eigenvalue weighted by atomic mass is 16.4. The molecule has 0 atom stereocenters. The van der Waals surface area contributed by atoms with E-state index in [4.69, 9.17) is 5.11 Å². The van der Waals surface area contributed by atoms with E-state index in [-0.39, 0.29) is 17.9 Å². The summed E-state index contributed by atoms with van der Waals surface area (Å²) in [5, 5.41) is 14.7. The van der Waals surface area contributed by atoms with Crippen molar-refractivity contribution in [3.63, 3.8) is 0 Å². The predicted octanol–water partition coefficient (Wildman–Crippen LogP) is 1.52. The second-order valence-corrected chi connectivity index (χ2v) is 6.25. The van der Waals surface area contributed by atoms with E-state index in [9.17, 15) is 9.59 Å². The zero-order chi connectivity index (χ0) is 14.4. The maximum Gasteiger partial charge on any atom is 0.303 e. The van der Waals surface area contributed by atoms with E-state index in [1.54, 1.807) is 0 Å². The molecule has 0 rings (SSSR count). The van der Waals surface area contributed by atoms with Gasteiger partial charge in [-0.25, -0.2) is 0 Å². The van der Waals surface area contributed by atoms with Crippen LogP contribution in [0.25, 0.3) is 0 Å². The zero-order valence-corrected chi connectivity index (χ0v) is 12.1. The Kier molecular flexibility index (Phi) is 6.32. The molecule has 1 amide bonds. The summed E-state index contributed by atoms with van der Waals surface area (Å²) in [4.78, 5) is 22.2. The molecule has 0 aromatic carbocycles. The Balaban J connectivity index is 3.95. The highest BCUT2D eigenvalue weighted by Crippen LogP contribution is 2.11. The van der Waals surface area contributed by atoms with Gasteiger partial charge in [0.25, 0.3) is 0 Å². The zero-order valence-electron chi connectivity index (χ0n) is 12.1. The van der Waals surface area contributed by atoms with Crippen LogP contribution in [0, 0.1) is 0 Å². The van der Waals surface area contributed by atoms with Gasteiger partial charge in [-0.05, 0) is 41.0 Å². The van der Waals surface area contributed by atoms with Gasteiger partial charge in [0.2, 0.25) is 5.91 Å². The van der Waals surface area contributed by atoms with Crippen molar-refractivity contribution in [2.24, 2.45) is 0 Å². The average Bonchev–Trinajstić information content (AvgIpc) is 2.12. The summed E-state index contributed by atoms with van der Waals surface area (Å²) < 4.78 is 0. The SMILES string of the molecule is CC(C)(C)NCCC(=O)NC(C)(C)CCC(=O)O. The summed E-state index contributed by atoms with van der Waals surface area (Å²) in [7, 11) is 0. The molecule has 0 saturated carbocycles. The molecule has 0 aliphatic rings. The lowest BCUT2D eigenvalue weighted by Crippen LogP contribution is -2.45. The summed E-state index contributed by atoms with van der Waals surface area (Å²) in [6.45, 7) is 10.4. The second kappa shape index (κ2) is 6.73. The van der Waals surface area contributed by atoms with Gasteiger partial charge in [-0.1, -0.05) is 0 Å². The highest BCUT2D eigenvalue weighted by molar-refractivity contribution is 5.77. The lowest BCUT2D eigenvalue weighted by molar-refractivity contribution is -0.137. The maximum atomic E-state index is 11.7. The number of hydrogen-bond acceptors (Lipinski definition) is 3. The van der Waals surface area contributed by atoms with Crippen molar-refractivity contribution in [1.29, 1.82) is 0 Å². The van der Waals surface area contributed by atoms with Crippen LogP contribution >= 0.6 is 0 Å². The van der Waals surface area contributed by atoms with Gasteiger partial charge in [-0.3, -0.25) is 9.59 Å². The van der Waals surface area contributed by atoms with Crippen molar-refractivity contribution >= 4 is 11.9 Å². The molecule has 106 valence electrons. The fraction of sp³-hybridized carbons (Fsp3) is 0.846. The molecular formula is C13H26N2O3. The highest BCUT2D eigenvalue weighted by Gasteiger charge is 2.21. The molecule has 0 bridgehead atoms. The minimum atomic E-state index is -0.841. The molecule has 5 heteroatoms. The van der Waals surface area contributed by atoms with Crippen LogP contribution in [0.5, 0.6) is 0 Å². The van der Waals surface area contributed by atoms with E-state index in [0.29, 0.717) is 19.4 Å². The Morgan fingerprint density at radius 3 is 2.06 bits per heavy atom. The fourth-order valence-corrected chi connectivity index (χ4v) is 1.47. The van der Waals surface area contributed by atoms with E-state index in [2.05, 4.69) is 10.6 Å². The van der Waals surface area contributed by atoms with Gasteiger partial charge in [0.05, 0.1) is 0 Å². The third-order valence-corrected chi connectivity index (χ3v) is 2.45. The molecule has 18 heavy (non-hydrogen) atoms. The first-order chi connectivity index (χ1) is 8.02. The normalized spacial score (nSPS) is 12.3. The second-order valence-electron chi connectivity index (χ2n) is 6.25. The smallest absolute Gasteiger partial charge is 0.303 e. The number of carboxylic acids is 1. The van der Waals surface area contributed by atoms with Crippen molar-refractivity contribution in [3.05, 3.63) is 0 Å². The summed E-state index contributed by atoms with van der Waals surface area (Å²) >= 11 is 0. The van der Waals surface area contributed by atoms with Crippen LogP contribution in [0.2, 0.25) is 0 Å². The molecule has 0 radical (unpaired) electrons. The lowest BCUT2D eigenvalue weighted by Gasteiger charge is -2.26. The van der Waals surface area contributed by atoms with E-state index in [1.807, 2.05) is 34.6 Å². The Morgan fingerprint density at radius 2 is 1.61 bits per heavy atom. The van der Waals surface area contributed by atoms with Crippen molar-refractivity contribution in [2.75, 3.05) is 6.54 Å². The molecule has 0 fully saturated rings. The van der Waals surface area contributed by atoms with Crippen molar-refractivity contribution in [1.82, 2.24) is 10.6 Å². The lowest BCUT2D eigenvalue weighted by atomic mass is 9.98. The number of carbonyl (C=O) groups is 2. The van der Waals surface area contributed by atoms with E-state index in [1.165, 1.54) is 0 Å². The van der Waals surface area contributed by atoms with Crippen LogP contribution in [0.4, 0.5) is 0 Å². The van der Waals surface area contributed by atoms with Crippen molar-refractivity contribution in [2.45, 2.75) is 65.0 Å². The molecule has 5 nitrogen and oxygen atoms in total. The summed E-state index contributed by atoms with van der Waals surface area (Å²) in [6.07, 6.45) is 0.891. The first-order valence-corrected chi connectivity index (χ1v) is 6.30. The molecule has 0 aromatic heterocycles. The Morgan fingerprint density at radius 1 is 1.06 bits per heavy atom. The molecule has 3 N–H and O–H groups in total. The number of amides is 1. The molecule has 0 aliphatic carbocycles. The van der Waals surface area contributed by atoms with E-state index in [0.717, 1.165) is 0 Å². The standard InChI is InChI=1S/C13H26N2O3/c1-12(2,3)14-9-7-10(16)15-13(4,5)8-6-11(17)18/h14H,6-9H2,1-5H3,(H,15,16)(H,17,18). The monoisotopic (exact) mass is 258 g/mol. The minimum Gasteiger partial charge on any atom is -0.481 e. The first kappa shape index (κ1) is 16.9. The Hall–Kier alpha value is -1.10. The van der Waals surface area contributed by atoms with Gasteiger partial charge < -0.3 is 15.7 Å². The fourth-order valence-electron chi connectivity index (χ4n) is 1.47. The predicted molar refractivity (Wildman–Crippen MR) is 71.5 cm³/mol. The van der Waals surface area contributed by atoms with Gasteiger partial charge in [0.15, 0.2) is 0 Å². The number of nitrogens with one attached hydrogen (secondary N) is 2. The van der Waals surface area contributed by atoms with E-state index < -0.39 is 11.5 Å². The first-order valence-electron chi connectivity index (χ1n) is 6.30. The van der Waals surface area contributed by atoms with Crippen LogP contribution in [0.15, 0.2) is 0 Å². The van der Waals surface area contributed by atoms with Gasteiger partial charge in [0.1, 0.15) is 0 Å². The van der Waals surface area contributed by atoms with Gasteiger partial charge >= 0.3 is 5.97 Å². The quantitative estimate of drug-likeness (QED) is 0.647. The molecule has 0 aliphatic heterocycles. The van der Waals surface area contributed by atoms with Gasteiger partial charge in [0, 0.05) is 30.5 Å². The third kappa shape index (κ3) is 10.1. The maximum absolute atomic E-state index is 11.7. The van der Waals surface area contributed by atoms with Crippen LogP contribution in [-0.4, -0.2) is 34.6 Å². The van der Waals surface area contributed by atoms with Gasteiger partial charge in [-0.15, -0.1) is 0 Å². The van der Waals surface area contributed by atoms with Crippen molar-refractivity contribution < 1.29 is 14.7 Å². The number of aliphatic carboxylic acids is 1. The number of carbonyl (C=O) groups excluding carboxylic acids is 1. The topological polar surface area (TPSA) is 78.4 Å². The summed E-state index contributed by atoms with van der Waals surface area (Å²) in [6, 6.07) is 0.